The molecule has 0 aliphatic rings. The van der Waals surface area contributed by atoms with Crippen LogP contribution in [-0.2, 0) is 16.4 Å². The molecule has 7 heteroatoms. The molecule has 6 nitrogen and oxygen atoms in total. The number of sulfonamides is 1. The zero-order valence-corrected chi connectivity index (χ0v) is 11.3. The average molecular weight is 260 g/mol. The molecule has 0 spiro atoms. The van der Waals surface area contributed by atoms with Crippen molar-refractivity contribution in [1.29, 1.82) is 0 Å². The van der Waals surface area contributed by atoms with Gasteiger partial charge in [0.05, 0.1) is 5.75 Å². The molecule has 98 valence electrons. The average Bonchev–Trinajstić information content (AvgIpc) is 2.67. The summed E-state index contributed by atoms with van der Waals surface area (Å²) >= 11 is 0. The van der Waals surface area contributed by atoms with Gasteiger partial charge in [0, 0.05) is 13.0 Å². The van der Waals surface area contributed by atoms with Gasteiger partial charge in [-0.15, -0.1) is 0 Å². The molecule has 1 aromatic rings. The fraction of sp³-hybridized carbons (Fsp3) is 0.800. The summed E-state index contributed by atoms with van der Waals surface area (Å²) in [6.07, 6.45) is 2.57. The Labute approximate surface area is 102 Å². The Kier molecular flexibility index (Phi) is 4.64. The number of H-pyrrole nitrogens is 1. The molecular formula is C10H20N4O2S. The Hall–Kier alpha value is -0.950. The minimum atomic E-state index is -3.18. The number of rotatable bonds is 6. The first-order chi connectivity index (χ1) is 7.79. The van der Waals surface area contributed by atoms with E-state index < -0.39 is 10.0 Å². The summed E-state index contributed by atoms with van der Waals surface area (Å²) in [6.45, 7) is 6.42. The molecule has 0 amide bonds. The van der Waals surface area contributed by atoms with Crippen LogP contribution in [0.15, 0.2) is 6.33 Å². The molecule has 1 heterocycles. The molecule has 0 saturated carbocycles. The van der Waals surface area contributed by atoms with E-state index in [0.717, 1.165) is 0 Å². The molecule has 17 heavy (non-hydrogen) atoms. The van der Waals surface area contributed by atoms with Gasteiger partial charge in [-0.05, 0) is 11.8 Å². The number of hydrogen-bond donors (Lipinski definition) is 2. The molecule has 0 unspecified atom stereocenters. The summed E-state index contributed by atoms with van der Waals surface area (Å²) < 4.78 is 25.9. The summed E-state index contributed by atoms with van der Waals surface area (Å²) in [5.41, 5.74) is 0.0275. The highest BCUT2D eigenvalue weighted by molar-refractivity contribution is 7.89. The fourth-order valence-electron chi connectivity index (χ4n) is 1.19. The lowest BCUT2D eigenvalue weighted by atomic mass is 9.94. The summed E-state index contributed by atoms with van der Waals surface area (Å²) in [6, 6.07) is 0. The van der Waals surface area contributed by atoms with Crippen molar-refractivity contribution in [3.05, 3.63) is 12.2 Å². The molecule has 1 aromatic heterocycles. The predicted octanol–water partition coefficient (Wildman–Crippen LogP) is 0.703. The number of hydrogen-bond acceptors (Lipinski definition) is 4. The zero-order valence-electron chi connectivity index (χ0n) is 10.5. The Balaban J connectivity index is 2.30. The van der Waals surface area contributed by atoms with E-state index in [4.69, 9.17) is 0 Å². The Morgan fingerprint density at radius 1 is 1.41 bits per heavy atom. The second-order valence-corrected chi connectivity index (χ2v) is 7.13. The maximum Gasteiger partial charge on any atom is 0.211 e. The van der Waals surface area contributed by atoms with Gasteiger partial charge in [-0.3, -0.25) is 5.10 Å². The van der Waals surface area contributed by atoms with Crippen molar-refractivity contribution < 1.29 is 8.42 Å². The first-order valence-corrected chi connectivity index (χ1v) is 7.25. The minimum absolute atomic E-state index is 0.0275. The van der Waals surface area contributed by atoms with E-state index in [9.17, 15) is 8.42 Å². The van der Waals surface area contributed by atoms with Gasteiger partial charge < -0.3 is 0 Å². The number of nitrogens with one attached hydrogen (secondary N) is 2. The quantitative estimate of drug-likeness (QED) is 0.788. The smallest absolute Gasteiger partial charge is 0.211 e. The van der Waals surface area contributed by atoms with Crippen LogP contribution in [0.4, 0.5) is 0 Å². The van der Waals surface area contributed by atoms with Crippen molar-refractivity contribution in [2.24, 2.45) is 5.41 Å². The predicted molar refractivity (Wildman–Crippen MR) is 65.9 cm³/mol. The van der Waals surface area contributed by atoms with E-state index in [2.05, 4.69) is 19.9 Å². The van der Waals surface area contributed by atoms with E-state index in [1.54, 1.807) is 0 Å². The lowest BCUT2D eigenvalue weighted by molar-refractivity contribution is 0.396. The molecule has 2 N–H and O–H groups in total. The molecule has 1 rings (SSSR count). The second-order valence-electron chi connectivity index (χ2n) is 5.21. The fourth-order valence-corrected chi connectivity index (χ4v) is 2.63. The van der Waals surface area contributed by atoms with Crippen molar-refractivity contribution in [1.82, 2.24) is 19.9 Å². The summed E-state index contributed by atoms with van der Waals surface area (Å²) in [7, 11) is -3.18. The van der Waals surface area contributed by atoms with Gasteiger partial charge in [0.25, 0.3) is 0 Å². The van der Waals surface area contributed by atoms with E-state index in [0.29, 0.717) is 25.2 Å². The molecule has 0 aliphatic heterocycles. The first-order valence-electron chi connectivity index (χ1n) is 5.60. The van der Waals surface area contributed by atoms with Crippen LogP contribution in [0, 0.1) is 5.41 Å². The molecular weight excluding hydrogens is 240 g/mol. The van der Waals surface area contributed by atoms with Crippen LogP contribution >= 0.6 is 0 Å². The first kappa shape index (κ1) is 14.1. The summed E-state index contributed by atoms with van der Waals surface area (Å²) in [5.74, 6) is 0.843. The maximum absolute atomic E-state index is 11.6. The van der Waals surface area contributed by atoms with Crippen LogP contribution in [0.5, 0.6) is 0 Å². The van der Waals surface area contributed by atoms with Crippen molar-refractivity contribution in [3.63, 3.8) is 0 Å². The van der Waals surface area contributed by atoms with E-state index in [1.807, 2.05) is 20.8 Å². The van der Waals surface area contributed by atoms with Crippen LogP contribution in [0.3, 0.4) is 0 Å². The third kappa shape index (κ3) is 6.38. The van der Waals surface area contributed by atoms with Crippen LogP contribution < -0.4 is 4.72 Å². The van der Waals surface area contributed by atoms with Gasteiger partial charge in [-0.1, -0.05) is 20.8 Å². The van der Waals surface area contributed by atoms with Gasteiger partial charge in [0.2, 0.25) is 10.0 Å². The zero-order chi connectivity index (χ0) is 12.9. The molecule has 0 aromatic carbocycles. The van der Waals surface area contributed by atoms with E-state index in [1.165, 1.54) is 6.33 Å². The minimum Gasteiger partial charge on any atom is -0.263 e. The molecule has 0 bridgehead atoms. The third-order valence-corrected chi connectivity index (χ3v) is 3.66. The van der Waals surface area contributed by atoms with Crippen LogP contribution in [0.2, 0.25) is 0 Å². The second kappa shape index (κ2) is 5.59. The normalized spacial score (nSPS) is 12.9. The van der Waals surface area contributed by atoms with E-state index >= 15 is 0 Å². The molecule has 0 fully saturated rings. The highest BCUT2D eigenvalue weighted by atomic mass is 32.2. The Morgan fingerprint density at radius 3 is 2.65 bits per heavy atom. The van der Waals surface area contributed by atoms with Crippen LogP contribution in [0.25, 0.3) is 0 Å². The number of aromatic nitrogens is 3. The SMILES string of the molecule is CC(C)(C)CCS(=O)(=O)NCCc1ncn[nH]1. The van der Waals surface area contributed by atoms with Gasteiger partial charge in [-0.25, -0.2) is 18.1 Å². The van der Waals surface area contributed by atoms with Gasteiger partial charge in [-0.2, -0.15) is 5.10 Å². The number of aromatic amines is 1. The van der Waals surface area contributed by atoms with Gasteiger partial charge in [0.15, 0.2) is 0 Å². The van der Waals surface area contributed by atoms with E-state index in [-0.39, 0.29) is 11.2 Å². The lowest BCUT2D eigenvalue weighted by Crippen LogP contribution is -2.30. The lowest BCUT2D eigenvalue weighted by Gasteiger charge is -2.17. The Morgan fingerprint density at radius 2 is 2.12 bits per heavy atom. The highest BCUT2D eigenvalue weighted by Crippen LogP contribution is 2.18. The standard InChI is InChI=1S/C10H20N4O2S/c1-10(2,3)5-7-17(15,16)13-6-4-9-11-8-12-14-9/h8,13H,4-7H2,1-3H3,(H,11,12,14). The number of nitrogens with zero attached hydrogens (tertiary/aromatic N) is 2. The largest absolute Gasteiger partial charge is 0.263 e. The molecule has 0 saturated heterocycles. The van der Waals surface area contributed by atoms with Gasteiger partial charge >= 0.3 is 0 Å². The molecule has 0 radical (unpaired) electrons. The van der Waals surface area contributed by atoms with Crippen molar-refractivity contribution in [2.45, 2.75) is 33.6 Å². The topological polar surface area (TPSA) is 87.7 Å². The van der Waals surface area contributed by atoms with Crippen LogP contribution in [0.1, 0.15) is 33.0 Å². The van der Waals surface area contributed by atoms with Crippen molar-refractivity contribution in [2.75, 3.05) is 12.3 Å². The summed E-state index contributed by atoms with van der Waals surface area (Å²) in [4.78, 5) is 3.92. The highest BCUT2D eigenvalue weighted by Gasteiger charge is 2.16. The van der Waals surface area contributed by atoms with Crippen molar-refractivity contribution >= 4 is 10.0 Å². The van der Waals surface area contributed by atoms with Crippen molar-refractivity contribution in [3.8, 4) is 0 Å². The third-order valence-electron chi connectivity index (χ3n) is 2.27. The molecule has 0 atom stereocenters. The van der Waals surface area contributed by atoms with Crippen LogP contribution in [-0.4, -0.2) is 35.9 Å². The molecule has 0 aliphatic carbocycles. The maximum atomic E-state index is 11.6. The van der Waals surface area contributed by atoms with Gasteiger partial charge in [0.1, 0.15) is 12.2 Å². The monoisotopic (exact) mass is 260 g/mol. The Bertz CT molecular complexity index is 420. The summed E-state index contributed by atoms with van der Waals surface area (Å²) in [5, 5.41) is 6.38.